The minimum atomic E-state index is 0.0207. The van der Waals surface area contributed by atoms with Gasteiger partial charge in [0, 0.05) is 31.1 Å². The predicted octanol–water partition coefficient (Wildman–Crippen LogP) is 2.47. The Hall–Kier alpha value is -2.07. The van der Waals surface area contributed by atoms with Gasteiger partial charge in [-0.05, 0) is 31.2 Å². The van der Waals surface area contributed by atoms with Crippen molar-refractivity contribution in [1.29, 1.82) is 0 Å². The van der Waals surface area contributed by atoms with Gasteiger partial charge < -0.3 is 14.2 Å². The monoisotopic (exact) mass is 284 g/mol. The Kier molecular flexibility index (Phi) is 3.80. The average Bonchev–Trinajstić information content (AvgIpc) is 2.84. The minimum Gasteiger partial charge on any atom is -0.378 e. The fraction of sp³-hybridized carbons (Fsp3) is 0.353. The number of ether oxygens (including phenoxy) is 1. The molecule has 21 heavy (non-hydrogen) atoms. The molecule has 1 aliphatic rings. The van der Waals surface area contributed by atoms with Crippen LogP contribution in [-0.2, 0) is 17.8 Å². The van der Waals surface area contributed by atoms with Crippen LogP contribution >= 0.6 is 0 Å². The van der Waals surface area contributed by atoms with Crippen LogP contribution in [0.3, 0.4) is 0 Å². The molecule has 1 aromatic heterocycles. The van der Waals surface area contributed by atoms with Crippen molar-refractivity contribution < 1.29 is 9.53 Å². The topological polar surface area (TPSA) is 34.5 Å². The lowest BCUT2D eigenvalue weighted by Crippen LogP contribution is -2.36. The van der Waals surface area contributed by atoms with E-state index in [0.29, 0.717) is 13.1 Å². The molecule has 1 amide bonds. The predicted molar refractivity (Wildman–Crippen MR) is 81.1 cm³/mol. The first-order valence-corrected chi connectivity index (χ1v) is 7.20. The van der Waals surface area contributed by atoms with E-state index in [4.69, 9.17) is 4.74 Å². The fourth-order valence-electron chi connectivity index (χ4n) is 2.82. The van der Waals surface area contributed by atoms with Crippen LogP contribution in [0.5, 0.6) is 0 Å². The van der Waals surface area contributed by atoms with Gasteiger partial charge in [-0.1, -0.05) is 17.7 Å². The number of aryl methyl sites for hydroxylation is 1. The maximum Gasteiger partial charge on any atom is 0.254 e. The Labute approximate surface area is 124 Å². The molecule has 3 rings (SSSR count). The molecular weight excluding hydrogens is 264 g/mol. The van der Waals surface area contributed by atoms with Crippen molar-refractivity contribution in [2.45, 2.75) is 26.1 Å². The third-order valence-corrected chi connectivity index (χ3v) is 3.99. The fourth-order valence-corrected chi connectivity index (χ4v) is 2.82. The molecule has 110 valence electrons. The van der Waals surface area contributed by atoms with Crippen LogP contribution < -0.4 is 0 Å². The number of carbonyl (C=O) groups is 1. The standard InChI is InChI=1S/C17H20N2O2/c1-13-5-3-6-14(9-13)17(20)19-10-15-7-4-8-18(15)11-16(12-19)21-2/h3-9,16H,10-12H2,1-2H3/t16-/m0/s1. The first-order chi connectivity index (χ1) is 10.2. The van der Waals surface area contributed by atoms with Gasteiger partial charge in [0.15, 0.2) is 0 Å². The van der Waals surface area contributed by atoms with Gasteiger partial charge in [0.05, 0.1) is 19.2 Å². The molecule has 0 unspecified atom stereocenters. The molecule has 2 heterocycles. The Morgan fingerprint density at radius 2 is 2.10 bits per heavy atom. The van der Waals surface area contributed by atoms with Gasteiger partial charge in [0.25, 0.3) is 5.91 Å². The maximum atomic E-state index is 12.8. The zero-order valence-corrected chi connectivity index (χ0v) is 12.5. The molecule has 0 spiro atoms. The Bertz CT molecular complexity index is 648. The second kappa shape index (κ2) is 5.74. The van der Waals surface area contributed by atoms with Crippen molar-refractivity contribution in [3.8, 4) is 0 Å². The number of methoxy groups -OCH3 is 1. The highest BCUT2D eigenvalue weighted by Gasteiger charge is 2.25. The van der Waals surface area contributed by atoms with E-state index in [1.807, 2.05) is 48.4 Å². The summed E-state index contributed by atoms with van der Waals surface area (Å²) in [5.41, 5.74) is 2.99. The van der Waals surface area contributed by atoms with E-state index >= 15 is 0 Å². The third kappa shape index (κ3) is 2.85. The molecule has 0 fully saturated rings. The van der Waals surface area contributed by atoms with Crippen molar-refractivity contribution in [3.63, 3.8) is 0 Å². The van der Waals surface area contributed by atoms with E-state index in [-0.39, 0.29) is 12.0 Å². The molecule has 1 aromatic carbocycles. The van der Waals surface area contributed by atoms with Crippen molar-refractivity contribution in [2.75, 3.05) is 13.7 Å². The van der Waals surface area contributed by atoms with E-state index in [2.05, 4.69) is 10.6 Å². The number of aromatic nitrogens is 1. The number of hydrogen-bond donors (Lipinski definition) is 0. The number of fused-ring (bicyclic) bond motifs is 1. The molecule has 0 aliphatic carbocycles. The number of nitrogens with zero attached hydrogens (tertiary/aromatic N) is 2. The van der Waals surface area contributed by atoms with Gasteiger partial charge in [0.2, 0.25) is 0 Å². The number of hydrogen-bond acceptors (Lipinski definition) is 2. The third-order valence-electron chi connectivity index (χ3n) is 3.99. The number of amides is 1. The lowest BCUT2D eigenvalue weighted by atomic mass is 10.1. The molecular formula is C17H20N2O2. The lowest BCUT2D eigenvalue weighted by Gasteiger charge is -2.23. The van der Waals surface area contributed by atoms with Gasteiger partial charge in [-0.25, -0.2) is 0 Å². The number of carbonyl (C=O) groups excluding carboxylic acids is 1. The highest BCUT2D eigenvalue weighted by atomic mass is 16.5. The van der Waals surface area contributed by atoms with Crippen molar-refractivity contribution in [1.82, 2.24) is 9.47 Å². The molecule has 0 saturated heterocycles. The van der Waals surface area contributed by atoms with Crippen LogP contribution in [0.4, 0.5) is 0 Å². The molecule has 2 aromatic rings. The summed E-state index contributed by atoms with van der Waals surface area (Å²) < 4.78 is 7.69. The van der Waals surface area contributed by atoms with Crippen molar-refractivity contribution in [3.05, 3.63) is 59.4 Å². The second-order valence-electron chi connectivity index (χ2n) is 5.56. The highest BCUT2D eigenvalue weighted by Crippen LogP contribution is 2.18. The van der Waals surface area contributed by atoms with Crippen molar-refractivity contribution in [2.24, 2.45) is 0 Å². The highest BCUT2D eigenvalue weighted by molar-refractivity contribution is 5.94. The SMILES string of the molecule is CO[C@@H]1CN(C(=O)c2cccc(C)c2)Cc2cccn2C1. The van der Waals surface area contributed by atoms with Gasteiger partial charge in [-0.2, -0.15) is 0 Å². The summed E-state index contributed by atoms with van der Waals surface area (Å²) in [6.45, 7) is 4.03. The molecule has 4 heteroatoms. The van der Waals surface area contributed by atoms with Gasteiger partial charge >= 0.3 is 0 Å². The molecule has 0 radical (unpaired) electrons. The maximum absolute atomic E-state index is 12.8. The number of benzene rings is 1. The zero-order chi connectivity index (χ0) is 14.8. The Morgan fingerprint density at radius 3 is 2.86 bits per heavy atom. The Balaban J connectivity index is 1.88. The van der Waals surface area contributed by atoms with E-state index in [9.17, 15) is 4.79 Å². The smallest absolute Gasteiger partial charge is 0.254 e. The summed E-state index contributed by atoms with van der Waals surface area (Å²) in [5, 5.41) is 0. The van der Waals surface area contributed by atoms with Gasteiger partial charge in [-0.15, -0.1) is 0 Å². The molecule has 0 bridgehead atoms. The van der Waals surface area contributed by atoms with Crippen molar-refractivity contribution >= 4 is 5.91 Å². The van der Waals surface area contributed by atoms with Crippen LogP contribution in [-0.4, -0.2) is 35.1 Å². The van der Waals surface area contributed by atoms with Crippen LogP contribution in [0, 0.1) is 6.92 Å². The molecule has 1 atom stereocenters. The molecule has 0 saturated carbocycles. The normalized spacial score (nSPS) is 18.2. The summed E-state index contributed by atoms with van der Waals surface area (Å²) in [6, 6.07) is 11.8. The van der Waals surface area contributed by atoms with Gasteiger partial charge in [0.1, 0.15) is 0 Å². The molecule has 1 aliphatic heterocycles. The summed E-state index contributed by atoms with van der Waals surface area (Å²) in [6.07, 6.45) is 2.06. The molecule has 4 nitrogen and oxygen atoms in total. The summed E-state index contributed by atoms with van der Waals surface area (Å²) in [5.74, 6) is 0.0652. The zero-order valence-electron chi connectivity index (χ0n) is 12.5. The quantitative estimate of drug-likeness (QED) is 0.849. The lowest BCUT2D eigenvalue weighted by molar-refractivity contribution is 0.0459. The van der Waals surface area contributed by atoms with Crippen LogP contribution in [0.2, 0.25) is 0 Å². The second-order valence-corrected chi connectivity index (χ2v) is 5.56. The first-order valence-electron chi connectivity index (χ1n) is 7.20. The van der Waals surface area contributed by atoms with Crippen LogP contribution in [0.25, 0.3) is 0 Å². The summed E-state index contributed by atoms with van der Waals surface area (Å²) >= 11 is 0. The van der Waals surface area contributed by atoms with Gasteiger partial charge in [-0.3, -0.25) is 4.79 Å². The van der Waals surface area contributed by atoms with E-state index in [1.165, 1.54) is 0 Å². The Morgan fingerprint density at radius 1 is 1.24 bits per heavy atom. The molecule has 0 N–H and O–H groups in total. The average molecular weight is 284 g/mol. The van der Waals surface area contributed by atoms with Crippen LogP contribution in [0.1, 0.15) is 21.6 Å². The minimum absolute atomic E-state index is 0.0207. The van der Waals surface area contributed by atoms with E-state index in [0.717, 1.165) is 23.4 Å². The largest absolute Gasteiger partial charge is 0.378 e. The van der Waals surface area contributed by atoms with E-state index < -0.39 is 0 Å². The summed E-state index contributed by atoms with van der Waals surface area (Å²) in [4.78, 5) is 14.6. The summed E-state index contributed by atoms with van der Waals surface area (Å²) in [7, 11) is 1.70. The first kappa shape index (κ1) is 13.9. The number of rotatable bonds is 2. The van der Waals surface area contributed by atoms with Crippen LogP contribution in [0.15, 0.2) is 42.6 Å². The van der Waals surface area contributed by atoms with E-state index in [1.54, 1.807) is 7.11 Å².